The molecule has 2 heteroatoms. The number of hydrogen-bond acceptors (Lipinski definition) is 1. The monoisotopic (exact) mass is 332 g/mol. The van der Waals surface area contributed by atoms with Crippen LogP contribution in [0.4, 0.5) is 0 Å². The first-order valence-corrected chi connectivity index (χ1v) is 7.37. The van der Waals surface area contributed by atoms with Gasteiger partial charge in [0.1, 0.15) is 4.11 Å². The second-order valence-electron chi connectivity index (χ2n) is 4.06. The molecule has 1 rings (SSSR count). The van der Waals surface area contributed by atoms with Crippen LogP contribution in [0.25, 0.3) is 0 Å². The van der Waals surface area contributed by atoms with Crippen LogP contribution in [0.3, 0.4) is 0 Å². The van der Waals surface area contributed by atoms with E-state index in [4.69, 9.17) is 4.74 Å². The van der Waals surface area contributed by atoms with Gasteiger partial charge in [-0.1, -0.05) is 85.5 Å². The fourth-order valence-corrected chi connectivity index (χ4v) is 2.20. The first kappa shape index (κ1) is 14.0. The maximum Gasteiger partial charge on any atom is 0.109 e. The van der Waals surface area contributed by atoms with Crippen molar-refractivity contribution in [2.75, 3.05) is 0 Å². The first-order chi connectivity index (χ1) is 7.83. The van der Waals surface area contributed by atoms with Gasteiger partial charge in [0, 0.05) is 0 Å². The molecular formula is C14H21IO. The van der Waals surface area contributed by atoms with Gasteiger partial charge in [-0.3, -0.25) is 0 Å². The Morgan fingerprint density at radius 3 is 2.56 bits per heavy atom. The molecule has 0 fully saturated rings. The molecule has 0 bridgehead atoms. The smallest absolute Gasteiger partial charge is 0.109 e. The predicted octanol–water partition coefficient (Wildman–Crippen LogP) is 4.93. The summed E-state index contributed by atoms with van der Waals surface area (Å²) >= 11 is 2.40. The van der Waals surface area contributed by atoms with Crippen LogP contribution in [0.5, 0.6) is 0 Å². The quantitative estimate of drug-likeness (QED) is 0.372. The number of alkyl halides is 1. The molecule has 1 nitrogen and oxygen atoms in total. The molecular weight excluding hydrogens is 311 g/mol. The molecule has 0 aliphatic rings. The lowest BCUT2D eigenvalue weighted by Crippen LogP contribution is -2.04. The Bertz CT molecular complexity index is 261. The molecule has 90 valence electrons. The lowest BCUT2D eigenvalue weighted by atomic mass is 10.2. The molecule has 0 amide bonds. The molecule has 0 aliphatic carbocycles. The first-order valence-electron chi connectivity index (χ1n) is 6.12. The van der Waals surface area contributed by atoms with Gasteiger partial charge in [0.25, 0.3) is 0 Å². The van der Waals surface area contributed by atoms with Gasteiger partial charge < -0.3 is 4.74 Å². The fraction of sp³-hybridized carbons (Fsp3) is 0.571. The van der Waals surface area contributed by atoms with E-state index in [-0.39, 0.29) is 0 Å². The highest BCUT2D eigenvalue weighted by atomic mass is 127. The van der Waals surface area contributed by atoms with Gasteiger partial charge in [-0.05, 0) is 12.0 Å². The third-order valence-corrected chi connectivity index (χ3v) is 3.54. The SMILES string of the molecule is CCCCCCC(I)OCc1ccccc1. The summed E-state index contributed by atoms with van der Waals surface area (Å²) in [5.74, 6) is 0. The van der Waals surface area contributed by atoms with Gasteiger partial charge in [-0.2, -0.15) is 0 Å². The van der Waals surface area contributed by atoms with Crippen LogP contribution in [-0.2, 0) is 11.3 Å². The minimum atomic E-state index is 0.356. The van der Waals surface area contributed by atoms with Crippen LogP contribution in [0.2, 0.25) is 0 Å². The van der Waals surface area contributed by atoms with E-state index in [1.165, 1.54) is 37.7 Å². The Morgan fingerprint density at radius 1 is 1.12 bits per heavy atom. The lowest BCUT2D eigenvalue weighted by Gasteiger charge is -2.11. The number of rotatable bonds is 8. The molecule has 0 N–H and O–H groups in total. The van der Waals surface area contributed by atoms with Gasteiger partial charge in [0.15, 0.2) is 0 Å². The Kier molecular flexibility index (Phi) is 7.85. The second kappa shape index (κ2) is 8.99. The summed E-state index contributed by atoms with van der Waals surface area (Å²) in [5.41, 5.74) is 1.26. The highest BCUT2D eigenvalue weighted by Gasteiger charge is 2.03. The van der Waals surface area contributed by atoms with Crippen LogP contribution in [0.15, 0.2) is 30.3 Å². The summed E-state index contributed by atoms with van der Waals surface area (Å²) < 4.78 is 6.15. The zero-order chi connectivity index (χ0) is 11.6. The largest absolute Gasteiger partial charge is 0.363 e. The van der Waals surface area contributed by atoms with Crippen molar-refractivity contribution in [2.45, 2.75) is 49.7 Å². The van der Waals surface area contributed by atoms with Crippen molar-refractivity contribution in [2.24, 2.45) is 0 Å². The van der Waals surface area contributed by atoms with E-state index < -0.39 is 0 Å². The number of ether oxygens (including phenoxy) is 1. The maximum atomic E-state index is 5.79. The van der Waals surface area contributed by atoms with Crippen molar-refractivity contribution >= 4 is 22.6 Å². The summed E-state index contributed by atoms with van der Waals surface area (Å²) in [6, 6.07) is 10.4. The lowest BCUT2D eigenvalue weighted by molar-refractivity contribution is 0.103. The van der Waals surface area contributed by atoms with Crippen LogP contribution >= 0.6 is 22.6 Å². The molecule has 0 radical (unpaired) electrons. The summed E-state index contributed by atoms with van der Waals surface area (Å²) in [5, 5.41) is 0. The van der Waals surface area contributed by atoms with Gasteiger partial charge in [-0.15, -0.1) is 0 Å². The van der Waals surface area contributed by atoms with Crippen molar-refractivity contribution in [1.82, 2.24) is 0 Å². The van der Waals surface area contributed by atoms with E-state index in [0.717, 1.165) is 6.61 Å². The topological polar surface area (TPSA) is 9.23 Å². The van der Waals surface area contributed by atoms with Gasteiger partial charge >= 0.3 is 0 Å². The Balaban J connectivity index is 2.08. The van der Waals surface area contributed by atoms with Crippen LogP contribution in [0, 0.1) is 0 Å². The van der Waals surface area contributed by atoms with Crippen molar-refractivity contribution in [3.63, 3.8) is 0 Å². The summed E-state index contributed by atoms with van der Waals surface area (Å²) in [4.78, 5) is 0. The van der Waals surface area contributed by atoms with E-state index >= 15 is 0 Å². The molecule has 1 unspecified atom stereocenters. The second-order valence-corrected chi connectivity index (χ2v) is 5.45. The zero-order valence-electron chi connectivity index (χ0n) is 9.99. The van der Waals surface area contributed by atoms with Crippen LogP contribution < -0.4 is 0 Å². The summed E-state index contributed by atoms with van der Waals surface area (Å²) in [6.07, 6.45) is 6.45. The molecule has 1 aromatic rings. The number of unbranched alkanes of at least 4 members (excludes halogenated alkanes) is 3. The van der Waals surface area contributed by atoms with Crippen molar-refractivity contribution < 1.29 is 4.74 Å². The van der Waals surface area contributed by atoms with Crippen LogP contribution in [0.1, 0.15) is 44.6 Å². The van der Waals surface area contributed by atoms with E-state index in [1.807, 2.05) is 6.07 Å². The molecule has 1 aromatic carbocycles. The molecule has 0 saturated carbocycles. The minimum absolute atomic E-state index is 0.356. The highest BCUT2D eigenvalue weighted by Crippen LogP contribution is 2.15. The van der Waals surface area contributed by atoms with E-state index in [2.05, 4.69) is 53.8 Å². The third-order valence-electron chi connectivity index (χ3n) is 2.56. The normalized spacial score (nSPS) is 12.6. The molecule has 0 saturated heterocycles. The third kappa shape index (κ3) is 6.48. The van der Waals surface area contributed by atoms with E-state index in [9.17, 15) is 0 Å². The number of halogens is 1. The average molecular weight is 332 g/mol. The highest BCUT2D eigenvalue weighted by molar-refractivity contribution is 14.1. The van der Waals surface area contributed by atoms with Crippen LogP contribution in [-0.4, -0.2) is 4.11 Å². The maximum absolute atomic E-state index is 5.79. The fourth-order valence-electron chi connectivity index (χ4n) is 1.58. The molecule has 0 heterocycles. The Labute approximate surface area is 113 Å². The predicted molar refractivity (Wildman–Crippen MR) is 77.8 cm³/mol. The standard InChI is InChI=1S/C14H21IO/c1-2-3-4-8-11-14(15)16-12-13-9-6-5-7-10-13/h5-7,9-10,14H,2-4,8,11-12H2,1H3. The van der Waals surface area contributed by atoms with Crippen molar-refractivity contribution in [3.05, 3.63) is 35.9 Å². The molecule has 1 atom stereocenters. The van der Waals surface area contributed by atoms with E-state index in [0.29, 0.717) is 4.11 Å². The van der Waals surface area contributed by atoms with Crippen molar-refractivity contribution in [1.29, 1.82) is 0 Å². The number of hydrogen-bond donors (Lipinski definition) is 0. The number of benzene rings is 1. The minimum Gasteiger partial charge on any atom is -0.363 e. The van der Waals surface area contributed by atoms with Gasteiger partial charge in [0.2, 0.25) is 0 Å². The molecule has 16 heavy (non-hydrogen) atoms. The zero-order valence-corrected chi connectivity index (χ0v) is 12.2. The summed E-state index contributed by atoms with van der Waals surface area (Å²) in [6.45, 7) is 2.98. The van der Waals surface area contributed by atoms with Gasteiger partial charge in [-0.25, -0.2) is 0 Å². The van der Waals surface area contributed by atoms with Gasteiger partial charge in [0.05, 0.1) is 6.61 Å². The Hall–Kier alpha value is -0.0900. The molecule has 0 spiro atoms. The van der Waals surface area contributed by atoms with E-state index in [1.54, 1.807) is 0 Å². The molecule has 0 aromatic heterocycles. The van der Waals surface area contributed by atoms with Crippen molar-refractivity contribution in [3.8, 4) is 0 Å². The molecule has 0 aliphatic heterocycles. The summed E-state index contributed by atoms with van der Waals surface area (Å²) in [7, 11) is 0. The average Bonchev–Trinajstić information content (AvgIpc) is 2.33. The Morgan fingerprint density at radius 2 is 1.88 bits per heavy atom.